The number of hydrogen-bond acceptors (Lipinski definition) is 3. The van der Waals surface area contributed by atoms with Crippen LogP contribution in [0.2, 0.25) is 0 Å². The van der Waals surface area contributed by atoms with Gasteiger partial charge >= 0.3 is 0 Å². The molecule has 2 N–H and O–H groups in total. The number of ether oxygens (including phenoxy) is 1. The Morgan fingerprint density at radius 2 is 1.69 bits per heavy atom. The molecule has 3 atom stereocenters. The van der Waals surface area contributed by atoms with E-state index in [2.05, 4.69) is 6.92 Å². The van der Waals surface area contributed by atoms with Crippen molar-refractivity contribution in [1.82, 2.24) is 0 Å². The van der Waals surface area contributed by atoms with Gasteiger partial charge in [-0.05, 0) is 32.6 Å². The largest absolute Gasteiger partial charge is 0.393 e. The summed E-state index contributed by atoms with van der Waals surface area (Å²) in [6.45, 7) is 6.67. The molecule has 0 aliphatic heterocycles. The molecule has 0 aromatic carbocycles. The minimum atomic E-state index is -0.382. The fourth-order valence-electron chi connectivity index (χ4n) is 1.24. The third-order valence-corrected chi connectivity index (χ3v) is 1.86. The summed E-state index contributed by atoms with van der Waals surface area (Å²) >= 11 is 0. The Balaban J connectivity index is 3.22. The molecule has 0 aliphatic rings. The van der Waals surface area contributed by atoms with Crippen LogP contribution < -0.4 is 0 Å². The van der Waals surface area contributed by atoms with Crippen LogP contribution in [0.25, 0.3) is 0 Å². The van der Waals surface area contributed by atoms with Crippen molar-refractivity contribution >= 4 is 0 Å². The third-order valence-electron chi connectivity index (χ3n) is 1.86. The van der Waals surface area contributed by atoms with Crippen LogP contribution in [0.3, 0.4) is 0 Å². The van der Waals surface area contributed by atoms with E-state index in [1.165, 1.54) is 0 Å². The van der Waals surface area contributed by atoms with E-state index in [4.69, 9.17) is 14.9 Å². The monoisotopic (exact) mass is 190 g/mol. The van der Waals surface area contributed by atoms with Gasteiger partial charge < -0.3 is 14.9 Å². The predicted molar refractivity (Wildman–Crippen MR) is 52.6 cm³/mol. The first kappa shape index (κ1) is 12.9. The molecule has 0 bridgehead atoms. The molecule has 0 radical (unpaired) electrons. The van der Waals surface area contributed by atoms with E-state index in [0.29, 0.717) is 19.1 Å². The molecule has 0 aromatic rings. The molecule has 0 heterocycles. The van der Waals surface area contributed by atoms with E-state index in [0.717, 1.165) is 12.8 Å². The highest BCUT2D eigenvalue weighted by Crippen LogP contribution is 2.10. The molecule has 0 aromatic heterocycles. The Morgan fingerprint density at radius 1 is 1.08 bits per heavy atom. The van der Waals surface area contributed by atoms with Crippen molar-refractivity contribution < 1.29 is 14.9 Å². The Labute approximate surface area is 80.7 Å². The minimum Gasteiger partial charge on any atom is -0.393 e. The Hall–Kier alpha value is -0.120. The van der Waals surface area contributed by atoms with Gasteiger partial charge in [-0.15, -0.1) is 0 Å². The van der Waals surface area contributed by atoms with E-state index in [1.807, 2.05) is 0 Å². The first-order chi connectivity index (χ1) is 6.02. The van der Waals surface area contributed by atoms with Crippen LogP contribution in [0.15, 0.2) is 0 Å². The molecule has 3 nitrogen and oxygen atoms in total. The molecule has 0 rings (SSSR count). The lowest BCUT2D eigenvalue weighted by molar-refractivity contribution is 0.0382. The fraction of sp³-hybridized carbons (Fsp3) is 1.00. The molecular formula is C10H22O3. The highest BCUT2D eigenvalue weighted by molar-refractivity contribution is 4.57. The van der Waals surface area contributed by atoms with Crippen LogP contribution >= 0.6 is 0 Å². The maximum absolute atomic E-state index is 9.09. The van der Waals surface area contributed by atoms with Gasteiger partial charge in [-0.25, -0.2) is 0 Å². The van der Waals surface area contributed by atoms with E-state index in [9.17, 15) is 0 Å². The molecule has 3 unspecified atom stereocenters. The lowest BCUT2D eigenvalue weighted by Crippen LogP contribution is -2.14. The summed E-state index contributed by atoms with van der Waals surface area (Å²) in [4.78, 5) is 0. The highest BCUT2D eigenvalue weighted by atomic mass is 16.5. The Bertz CT molecular complexity index is 113. The van der Waals surface area contributed by atoms with Crippen LogP contribution in [-0.2, 0) is 4.74 Å². The molecule has 3 heteroatoms. The molecule has 0 spiro atoms. The van der Waals surface area contributed by atoms with Gasteiger partial charge in [0.25, 0.3) is 0 Å². The zero-order valence-electron chi connectivity index (χ0n) is 8.86. The summed E-state index contributed by atoms with van der Waals surface area (Å²) in [6, 6.07) is 0. The van der Waals surface area contributed by atoms with Crippen molar-refractivity contribution in [1.29, 1.82) is 0 Å². The average molecular weight is 190 g/mol. The predicted octanol–water partition coefficient (Wildman–Crippen LogP) is 1.18. The lowest BCUT2D eigenvalue weighted by atomic mass is 10.0. The molecular weight excluding hydrogens is 168 g/mol. The zero-order chi connectivity index (χ0) is 10.3. The molecule has 80 valence electrons. The normalized spacial score (nSPS) is 18.2. The van der Waals surface area contributed by atoms with Crippen molar-refractivity contribution in [2.75, 3.05) is 13.2 Å². The van der Waals surface area contributed by atoms with Gasteiger partial charge in [0, 0.05) is 6.61 Å². The van der Waals surface area contributed by atoms with Crippen molar-refractivity contribution in [2.24, 2.45) is 5.92 Å². The average Bonchev–Trinajstić information content (AvgIpc) is 1.96. The van der Waals surface area contributed by atoms with E-state index in [-0.39, 0.29) is 12.2 Å². The summed E-state index contributed by atoms with van der Waals surface area (Å²) in [5, 5.41) is 18.0. The summed E-state index contributed by atoms with van der Waals surface area (Å²) in [6.07, 6.45) is 1.15. The maximum Gasteiger partial charge on any atom is 0.0745 e. The summed E-state index contributed by atoms with van der Waals surface area (Å²) in [5.74, 6) is 0.481. The van der Waals surface area contributed by atoms with Gasteiger partial charge in [0.2, 0.25) is 0 Å². The van der Waals surface area contributed by atoms with Gasteiger partial charge in [-0.2, -0.15) is 0 Å². The van der Waals surface area contributed by atoms with Crippen LogP contribution in [0.1, 0.15) is 33.6 Å². The highest BCUT2D eigenvalue weighted by Gasteiger charge is 2.05. The van der Waals surface area contributed by atoms with Crippen molar-refractivity contribution in [2.45, 2.75) is 45.8 Å². The van der Waals surface area contributed by atoms with Gasteiger partial charge in [-0.1, -0.05) is 6.92 Å². The first-order valence-electron chi connectivity index (χ1n) is 4.96. The quantitative estimate of drug-likeness (QED) is 0.593. The summed E-state index contributed by atoms with van der Waals surface area (Å²) in [5.41, 5.74) is 0. The van der Waals surface area contributed by atoms with Crippen LogP contribution in [0, 0.1) is 5.92 Å². The van der Waals surface area contributed by atoms with E-state index < -0.39 is 0 Å². The van der Waals surface area contributed by atoms with Crippen molar-refractivity contribution in [3.63, 3.8) is 0 Å². The number of rotatable bonds is 7. The Kier molecular flexibility index (Phi) is 7.23. The zero-order valence-corrected chi connectivity index (χ0v) is 8.86. The topological polar surface area (TPSA) is 49.7 Å². The first-order valence-corrected chi connectivity index (χ1v) is 4.96. The van der Waals surface area contributed by atoms with Crippen LogP contribution in [0.4, 0.5) is 0 Å². The Morgan fingerprint density at radius 3 is 2.15 bits per heavy atom. The van der Waals surface area contributed by atoms with Gasteiger partial charge in [0.1, 0.15) is 0 Å². The molecule has 0 aliphatic carbocycles. The molecule has 13 heavy (non-hydrogen) atoms. The molecule has 0 saturated carbocycles. The second kappa shape index (κ2) is 7.30. The lowest BCUT2D eigenvalue weighted by Gasteiger charge is -2.13. The summed E-state index contributed by atoms with van der Waals surface area (Å²) in [7, 11) is 0. The van der Waals surface area contributed by atoms with Crippen LogP contribution in [-0.4, -0.2) is 35.6 Å². The van der Waals surface area contributed by atoms with Gasteiger partial charge in [-0.3, -0.25) is 0 Å². The summed E-state index contributed by atoms with van der Waals surface area (Å²) < 4.78 is 5.22. The number of hydrogen-bond donors (Lipinski definition) is 2. The van der Waals surface area contributed by atoms with E-state index >= 15 is 0 Å². The number of aliphatic hydroxyl groups excluding tert-OH is 2. The van der Waals surface area contributed by atoms with Gasteiger partial charge in [0.05, 0.1) is 18.8 Å². The molecule has 0 amide bonds. The van der Waals surface area contributed by atoms with Gasteiger partial charge in [0.15, 0.2) is 0 Å². The fourth-order valence-corrected chi connectivity index (χ4v) is 1.24. The smallest absolute Gasteiger partial charge is 0.0745 e. The molecule has 0 fully saturated rings. The molecule has 0 saturated heterocycles. The van der Waals surface area contributed by atoms with Crippen molar-refractivity contribution in [3.8, 4) is 0 Å². The SMILES string of the molecule is CC(O)COCCC(C)CC(C)O. The number of aliphatic hydroxyl groups is 2. The standard InChI is InChI=1S/C10H22O3/c1-8(6-9(2)11)4-5-13-7-10(3)12/h8-12H,4-7H2,1-3H3. The third kappa shape index (κ3) is 9.80. The second-order valence-electron chi connectivity index (χ2n) is 3.90. The van der Waals surface area contributed by atoms with E-state index in [1.54, 1.807) is 13.8 Å². The van der Waals surface area contributed by atoms with Crippen LogP contribution in [0.5, 0.6) is 0 Å². The maximum atomic E-state index is 9.09. The van der Waals surface area contributed by atoms with Crippen molar-refractivity contribution in [3.05, 3.63) is 0 Å². The minimum absolute atomic E-state index is 0.230. The second-order valence-corrected chi connectivity index (χ2v) is 3.90.